The smallest absolute Gasteiger partial charge is 0.278 e. The highest BCUT2D eigenvalue weighted by atomic mass is 19.1. The lowest BCUT2D eigenvalue weighted by molar-refractivity contribution is 0.0670. The van der Waals surface area contributed by atoms with Gasteiger partial charge in [0.2, 0.25) is 5.43 Å². The van der Waals surface area contributed by atoms with Crippen LogP contribution in [-0.4, -0.2) is 27.3 Å². The van der Waals surface area contributed by atoms with E-state index in [4.69, 9.17) is 0 Å². The number of halogens is 1. The summed E-state index contributed by atoms with van der Waals surface area (Å²) in [4.78, 5) is 26.5. The molecular weight excluding hydrogens is 373 g/mol. The molecule has 0 spiro atoms. The Morgan fingerprint density at radius 1 is 1.00 bits per heavy atom. The molecule has 0 bridgehead atoms. The number of carbonyl (C=O) groups excluding carboxylic acids is 1. The summed E-state index contributed by atoms with van der Waals surface area (Å²) in [5.74, 6) is -1.42. The van der Waals surface area contributed by atoms with E-state index in [1.807, 2.05) is 31.2 Å². The minimum absolute atomic E-state index is 0.118. The summed E-state index contributed by atoms with van der Waals surface area (Å²) >= 11 is 0. The maximum atomic E-state index is 14.2. The van der Waals surface area contributed by atoms with Crippen LogP contribution in [0.3, 0.4) is 0 Å². The summed E-state index contributed by atoms with van der Waals surface area (Å²) in [7, 11) is 0. The van der Waals surface area contributed by atoms with Crippen molar-refractivity contribution in [2.45, 2.75) is 20.0 Å². The molecule has 29 heavy (non-hydrogen) atoms. The molecule has 1 N–H and O–H groups in total. The number of aryl methyl sites for hydroxylation is 1. The predicted octanol–water partition coefficient (Wildman–Crippen LogP) is 2.75. The molecule has 6 nitrogen and oxygen atoms in total. The first-order chi connectivity index (χ1) is 13.9. The van der Waals surface area contributed by atoms with E-state index >= 15 is 0 Å². The Morgan fingerprint density at radius 3 is 2.45 bits per heavy atom. The van der Waals surface area contributed by atoms with E-state index in [2.05, 4.69) is 0 Å². The fraction of sp³-hybridized carbons (Fsp3) is 0.182. The number of nitrogens with zero attached hydrogens (tertiary/aromatic N) is 3. The highest BCUT2D eigenvalue weighted by molar-refractivity contribution is 5.96. The minimum atomic E-state index is -0.632. The van der Waals surface area contributed by atoms with Crippen LogP contribution in [0, 0.1) is 12.7 Å². The zero-order valence-corrected chi connectivity index (χ0v) is 15.9. The number of amides is 1. The first kappa shape index (κ1) is 18.7. The molecule has 0 radical (unpaired) electrons. The van der Waals surface area contributed by atoms with E-state index < -0.39 is 17.1 Å². The largest absolute Gasteiger partial charge is 0.502 e. The van der Waals surface area contributed by atoms with Crippen molar-refractivity contribution in [1.29, 1.82) is 0 Å². The fourth-order valence-electron chi connectivity index (χ4n) is 3.42. The number of fused-ring (bicyclic) bond motifs is 1. The second kappa shape index (κ2) is 7.43. The van der Waals surface area contributed by atoms with Crippen LogP contribution in [0.15, 0.2) is 65.6 Å². The number of aromatic nitrogens is 1. The Hall–Kier alpha value is -3.61. The molecule has 1 aromatic heterocycles. The minimum Gasteiger partial charge on any atom is -0.502 e. The maximum absolute atomic E-state index is 14.2. The van der Waals surface area contributed by atoms with Crippen molar-refractivity contribution in [2.24, 2.45) is 0 Å². The van der Waals surface area contributed by atoms with Crippen molar-refractivity contribution >= 4 is 5.91 Å². The summed E-state index contributed by atoms with van der Waals surface area (Å²) in [6, 6.07) is 15.3. The molecule has 1 amide bonds. The summed E-state index contributed by atoms with van der Waals surface area (Å²) in [6.45, 7) is 2.62. The molecule has 0 aliphatic carbocycles. The number of pyridine rings is 1. The summed E-state index contributed by atoms with van der Waals surface area (Å²) in [5, 5.41) is 12.0. The Balaban J connectivity index is 1.73. The Labute approximate surface area is 167 Å². The second-order valence-corrected chi connectivity index (χ2v) is 7.11. The molecule has 0 saturated heterocycles. The maximum Gasteiger partial charge on any atom is 0.278 e. The lowest BCUT2D eigenvalue weighted by Crippen LogP contribution is -2.53. The lowest BCUT2D eigenvalue weighted by Gasteiger charge is -2.39. The molecular formula is C22H20FN3O3. The number of carbonyl (C=O) groups is 1. The molecule has 3 aromatic rings. The second-order valence-electron chi connectivity index (χ2n) is 7.11. The molecule has 7 heteroatoms. The highest BCUT2D eigenvalue weighted by Gasteiger charge is 2.32. The normalized spacial score (nSPS) is 13.5. The third-order valence-corrected chi connectivity index (χ3v) is 4.99. The molecule has 1 aliphatic heterocycles. The van der Waals surface area contributed by atoms with Gasteiger partial charge in [-0.1, -0.05) is 48.0 Å². The van der Waals surface area contributed by atoms with E-state index in [0.717, 1.165) is 11.1 Å². The van der Waals surface area contributed by atoms with Crippen molar-refractivity contribution in [2.75, 3.05) is 11.7 Å². The van der Waals surface area contributed by atoms with Gasteiger partial charge in [-0.15, -0.1) is 0 Å². The third kappa shape index (κ3) is 3.59. The first-order valence-electron chi connectivity index (χ1n) is 9.22. The predicted molar refractivity (Wildman–Crippen MR) is 107 cm³/mol. The number of hydrogen-bond donors (Lipinski definition) is 1. The average molecular weight is 393 g/mol. The van der Waals surface area contributed by atoms with Crippen molar-refractivity contribution in [3.63, 3.8) is 0 Å². The van der Waals surface area contributed by atoms with Crippen molar-refractivity contribution in [3.8, 4) is 5.75 Å². The Bertz CT molecular complexity index is 1120. The van der Waals surface area contributed by atoms with Gasteiger partial charge in [0.25, 0.3) is 5.91 Å². The number of aromatic hydroxyl groups is 1. The van der Waals surface area contributed by atoms with Gasteiger partial charge in [-0.2, -0.15) is 0 Å². The van der Waals surface area contributed by atoms with E-state index in [1.54, 1.807) is 23.2 Å². The van der Waals surface area contributed by atoms with E-state index in [-0.39, 0.29) is 24.7 Å². The summed E-state index contributed by atoms with van der Waals surface area (Å²) in [6.07, 6.45) is 1.43. The van der Waals surface area contributed by atoms with E-state index in [1.165, 1.54) is 27.9 Å². The number of rotatable bonds is 4. The molecule has 0 saturated carbocycles. The molecule has 2 heterocycles. The van der Waals surface area contributed by atoms with Crippen LogP contribution in [0.25, 0.3) is 0 Å². The number of benzene rings is 2. The van der Waals surface area contributed by atoms with Gasteiger partial charge in [0.1, 0.15) is 12.5 Å². The first-order valence-corrected chi connectivity index (χ1v) is 9.22. The monoisotopic (exact) mass is 393 g/mol. The average Bonchev–Trinajstić information content (AvgIpc) is 2.71. The lowest BCUT2D eigenvalue weighted by atomic mass is 10.1. The summed E-state index contributed by atoms with van der Waals surface area (Å²) < 4.78 is 15.6. The molecule has 0 fully saturated rings. The Kier molecular flexibility index (Phi) is 4.80. The van der Waals surface area contributed by atoms with Gasteiger partial charge in [-0.25, -0.2) is 4.39 Å². The van der Waals surface area contributed by atoms with Crippen molar-refractivity contribution in [3.05, 3.63) is 99.2 Å². The quantitative estimate of drug-likeness (QED) is 0.740. The van der Waals surface area contributed by atoms with Gasteiger partial charge in [0.15, 0.2) is 11.4 Å². The van der Waals surface area contributed by atoms with Crippen molar-refractivity contribution < 1.29 is 14.3 Å². The van der Waals surface area contributed by atoms with Gasteiger partial charge in [0.05, 0.1) is 6.54 Å². The van der Waals surface area contributed by atoms with Gasteiger partial charge < -0.3 is 10.0 Å². The molecule has 0 atom stereocenters. The van der Waals surface area contributed by atoms with Crippen LogP contribution in [0.5, 0.6) is 5.75 Å². The summed E-state index contributed by atoms with van der Waals surface area (Å²) in [5.41, 5.74) is 1.72. The molecule has 148 valence electrons. The van der Waals surface area contributed by atoms with Crippen LogP contribution in [0.2, 0.25) is 0 Å². The van der Waals surface area contributed by atoms with E-state index in [0.29, 0.717) is 12.1 Å². The van der Waals surface area contributed by atoms with Crippen LogP contribution in [0.1, 0.15) is 27.2 Å². The standard InChI is InChI=1S/C22H20FN3O3/c1-15-6-8-16(9-7-15)12-24-14-25(13-17-4-2-3-5-18(17)23)26-11-10-19(27)21(28)20(26)22(24)29/h2-11,28H,12-14H2,1H3. The molecule has 1 aliphatic rings. The molecule has 4 rings (SSSR count). The zero-order chi connectivity index (χ0) is 20.5. The fourth-order valence-corrected chi connectivity index (χ4v) is 3.42. The molecule has 0 unspecified atom stereocenters. The van der Waals surface area contributed by atoms with Gasteiger partial charge >= 0.3 is 0 Å². The van der Waals surface area contributed by atoms with Crippen LogP contribution in [-0.2, 0) is 13.1 Å². The number of hydrogen-bond acceptors (Lipinski definition) is 4. The molecule has 2 aromatic carbocycles. The van der Waals surface area contributed by atoms with Gasteiger partial charge in [-0.05, 0) is 18.6 Å². The van der Waals surface area contributed by atoms with Gasteiger partial charge in [0, 0.05) is 24.4 Å². The van der Waals surface area contributed by atoms with E-state index in [9.17, 15) is 19.1 Å². The van der Waals surface area contributed by atoms with Crippen LogP contribution in [0.4, 0.5) is 4.39 Å². The van der Waals surface area contributed by atoms with Crippen molar-refractivity contribution in [1.82, 2.24) is 9.58 Å². The topological polar surface area (TPSA) is 65.8 Å². The zero-order valence-electron chi connectivity index (χ0n) is 15.9. The van der Waals surface area contributed by atoms with Crippen LogP contribution >= 0.6 is 0 Å². The third-order valence-electron chi connectivity index (χ3n) is 4.99. The highest BCUT2D eigenvalue weighted by Crippen LogP contribution is 2.23. The van der Waals surface area contributed by atoms with Crippen LogP contribution < -0.4 is 10.4 Å². The SMILES string of the molecule is Cc1ccc(CN2CN(Cc3ccccc3F)n3ccc(=O)c(O)c3C2=O)cc1. The Morgan fingerprint density at radius 2 is 1.72 bits per heavy atom. The van der Waals surface area contributed by atoms with Gasteiger partial charge in [-0.3, -0.25) is 19.3 Å².